The minimum atomic E-state index is -0.413. The molecule has 2 aliphatic heterocycles. The normalized spacial score (nSPS) is 24.2. The Hall–Kier alpha value is -2.13. The van der Waals surface area contributed by atoms with E-state index in [1.165, 1.54) is 5.56 Å². The van der Waals surface area contributed by atoms with Gasteiger partial charge in [0.25, 0.3) is 5.91 Å². The first-order chi connectivity index (χ1) is 10.3. The number of carbonyl (C=O) groups is 1. The summed E-state index contributed by atoms with van der Waals surface area (Å²) in [4.78, 5) is 17.3. The van der Waals surface area contributed by atoms with Crippen molar-refractivity contribution in [1.29, 1.82) is 0 Å². The highest BCUT2D eigenvalue weighted by Gasteiger charge is 2.57. The molecule has 1 saturated heterocycles. The van der Waals surface area contributed by atoms with Crippen molar-refractivity contribution in [1.82, 2.24) is 9.80 Å². The van der Waals surface area contributed by atoms with Crippen molar-refractivity contribution in [3.8, 4) is 0 Å². The molecule has 2 aromatic carbocycles. The number of likely N-dealkylation sites (N-methyl/N-ethyl adjacent to an activating group) is 1. The van der Waals surface area contributed by atoms with Gasteiger partial charge in [0.1, 0.15) is 5.66 Å². The van der Waals surface area contributed by atoms with E-state index in [0.29, 0.717) is 0 Å². The van der Waals surface area contributed by atoms with Crippen molar-refractivity contribution < 1.29 is 4.79 Å². The number of hydrogen-bond donors (Lipinski definition) is 0. The first-order valence-electron chi connectivity index (χ1n) is 7.52. The third-order valence-electron chi connectivity index (χ3n) is 4.78. The van der Waals surface area contributed by atoms with E-state index in [1.807, 2.05) is 29.2 Å². The van der Waals surface area contributed by atoms with Crippen LogP contribution in [-0.2, 0) is 5.66 Å². The Balaban J connectivity index is 2.04. The Morgan fingerprint density at radius 3 is 2.48 bits per heavy atom. The third kappa shape index (κ3) is 1.44. The second kappa shape index (κ2) is 4.43. The molecule has 2 aromatic rings. The van der Waals surface area contributed by atoms with Gasteiger partial charge in [0, 0.05) is 24.2 Å². The molecule has 0 aromatic heterocycles. The van der Waals surface area contributed by atoms with Gasteiger partial charge < -0.3 is 4.90 Å². The number of fused-ring (bicyclic) bond motifs is 3. The molecule has 0 saturated carbocycles. The van der Waals surface area contributed by atoms with E-state index in [2.05, 4.69) is 42.2 Å². The van der Waals surface area contributed by atoms with Gasteiger partial charge in [0.2, 0.25) is 0 Å². The lowest BCUT2D eigenvalue weighted by Gasteiger charge is -2.40. The molecule has 1 atom stereocenters. The summed E-state index contributed by atoms with van der Waals surface area (Å²) in [5.41, 5.74) is 2.74. The van der Waals surface area contributed by atoms with Crippen molar-refractivity contribution in [3.63, 3.8) is 0 Å². The smallest absolute Gasteiger partial charge is 0.256 e. The van der Waals surface area contributed by atoms with Crippen LogP contribution in [0.25, 0.3) is 0 Å². The van der Waals surface area contributed by atoms with E-state index in [4.69, 9.17) is 0 Å². The molecule has 1 unspecified atom stereocenters. The van der Waals surface area contributed by atoms with Crippen LogP contribution in [0.5, 0.6) is 0 Å². The number of benzene rings is 2. The van der Waals surface area contributed by atoms with Crippen molar-refractivity contribution in [2.75, 3.05) is 19.6 Å². The first-order valence-corrected chi connectivity index (χ1v) is 7.52. The lowest BCUT2D eigenvalue weighted by Crippen LogP contribution is -2.49. The van der Waals surface area contributed by atoms with Gasteiger partial charge in [-0.3, -0.25) is 9.69 Å². The molecule has 4 rings (SSSR count). The van der Waals surface area contributed by atoms with Gasteiger partial charge in [0.15, 0.2) is 0 Å². The molecule has 1 amide bonds. The van der Waals surface area contributed by atoms with E-state index >= 15 is 0 Å². The summed E-state index contributed by atoms with van der Waals surface area (Å²) < 4.78 is 0. The maximum Gasteiger partial charge on any atom is 0.256 e. The first kappa shape index (κ1) is 12.6. The van der Waals surface area contributed by atoms with E-state index in [0.717, 1.165) is 30.8 Å². The molecule has 0 bridgehead atoms. The van der Waals surface area contributed by atoms with E-state index in [1.54, 1.807) is 0 Å². The maximum atomic E-state index is 12.8. The summed E-state index contributed by atoms with van der Waals surface area (Å²) in [6.07, 6.45) is 0. The Morgan fingerprint density at radius 2 is 1.71 bits per heavy atom. The van der Waals surface area contributed by atoms with Crippen LogP contribution < -0.4 is 0 Å². The average Bonchev–Trinajstić information content (AvgIpc) is 3.05. The predicted octanol–water partition coefficient (Wildman–Crippen LogP) is 2.68. The van der Waals surface area contributed by atoms with Crippen LogP contribution in [0.15, 0.2) is 54.6 Å². The molecule has 2 aliphatic rings. The summed E-state index contributed by atoms with van der Waals surface area (Å²) >= 11 is 0. The zero-order valence-electron chi connectivity index (χ0n) is 12.1. The van der Waals surface area contributed by atoms with Crippen molar-refractivity contribution in [2.45, 2.75) is 12.6 Å². The Bertz CT molecular complexity index is 697. The topological polar surface area (TPSA) is 23.6 Å². The maximum absolute atomic E-state index is 12.8. The van der Waals surface area contributed by atoms with Gasteiger partial charge in [-0.15, -0.1) is 0 Å². The lowest BCUT2D eigenvalue weighted by molar-refractivity contribution is 0.0472. The molecule has 21 heavy (non-hydrogen) atoms. The molecule has 0 N–H and O–H groups in total. The minimum absolute atomic E-state index is 0.158. The number of carbonyl (C=O) groups excluding carboxylic acids is 1. The number of amides is 1. The molecule has 3 nitrogen and oxygen atoms in total. The van der Waals surface area contributed by atoms with Crippen molar-refractivity contribution in [2.24, 2.45) is 0 Å². The van der Waals surface area contributed by atoms with E-state index < -0.39 is 5.66 Å². The lowest BCUT2D eigenvalue weighted by atomic mass is 9.90. The van der Waals surface area contributed by atoms with Crippen LogP contribution in [0.2, 0.25) is 0 Å². The van der Waals surface area contributed by atoms with E-state index in [-0.39, 0.29) is 5.91 Å². The quantitative estimate of drug-likeness (QED) is 0.843. The van der Waals surface area contributed by atoms with Crippen LogP contribution in [0, 0.1) is 0 Å². The molecule has 2 heterocycles. The predicted molar refractivity (Wildman–Crippen MR) is 81.9 cm³/mol. The minimum Gasteiger partial charge on any atom is -0.311 e. The Morgan fingerprint density at radius 1 is 1.00 bits per heavy atom. The molecular formula is C18H18N2O. The highest BCUT2D eigenvalue weighted by molar-refractivity contribution is 6.01. The van der Waals surface area contributed by atoms with Crippen LogP contribution in [-0.4, -0.2) is 35.3 Å². The summed E-state index contributed by atoms with van der Waals surface area (Å²) in [5.74, 6) is 0.158. The Kier molecular flexibility index (Phi) is 2.66. The zero-order valence-corrected chi connectivity index (χ0v) is 12.1. The SMILES string of the molecule is CCN1CCN2C(=O)c3ccccc3C12c1ccccc1. The summed E-state index contributed by atoms with van der Waals surface area (Å²) in [6, 6.07) is 18.5. The fourth-order valence-electron chi connectivity index (χ4n) is 3.95. The number of hydrogen-bond acceptors (Lipinski definition) is 2. The van der Waals surface area contributed by atoms with Gasteiger partial charge in [-0.05, 0) is 18.2 Å². The standard InChI is InChI=1S/C18H18N2O/c1-2-19-12-13-20-17(21)15-10-6-7-11-16(15)18(19,20)14-8-4-3-5-9-14/h3-11H,2,12-13H2,1H3. The number of nitrogens with zero attached hydrogens (tertiary/aromatic N) is 2. The highest BCUT2D eigenvalue weighted by atomic mass is 16.2. The molecule has 0 spiro atoms. The second-order valence-electron chi connectivity index (χ2n) is 5.62. The van der Waals surface area contributed by atoms with Gasteiger partial charge in [-0.1, -0.05) is 55.5 Å². The fraction of sp³-hybridized carbons (Fsp3) is 0.278. The van der Waals surface area contributed by atoms with Crippen LogP contribution in [0.4, 0.5) is 0 Å². The average molecular weight is 278 g/mol. The molecular weight excluding hydrogens is 260 g/mol. The van der Waals surface area contributed by atoms with Crippen molar-refractivity contribution in [3.05, 3.63) is 71.3 Å². The Labute approximate surface area is 124 Å². The van der Waals surface area contributed by atoms with Gasteiger partial charge >= 0.3 is 0 Å². The summed E-state index contributed by atoms with van der Waals surface area (Å²) in [7, 11) is 0. The second-order valence-corrected chi connectivity index (χ2v) is 5.62. The molecule has 1 fully saturated rings. The third-order valence-corrected chi connectivity index (χ3v) is 4.78. The molecule has 0 radical (unpaired) electrons. The molecule has 0 aliphatic carbocycles. The van der Waals surface area contributed by atoms with Gasteiger partial charge in [0.05, 0.1) is 0 Å². The van der Waals surface area contributed by atoms with Crippen molar-refractivity contribution >= 4 is 5.91 Å². The van der Waals surface area contributed by atoms with Gasteiger partial charge in [-0.25, -0.2) is 0 Å². The number of rotatable bonds is 2. The van der Waals surface area contributed by atoms with Gasteiger partial charge in [-0.2, -0.15) is 0 Å². The summed E-state index contributed by atoms with van der Waals surface area (Å²) in [5, 5.41) is 0. The largest absolute Gasteiger partial charge is 0.311 e. The highest BCUT2D eigenvalue weighted by Crippen LogP contribution is 2.49. The van der Waals surface area contributed by atoms with Crippen LogP contribution in [0.3, 0.4) is 0 Å². The monoisotopic (exact) mass is 278 g/mol. The summed E-state index contributed by atoms with van der Waals surface area (Å²) in [6.45, 7) is 4.80. The van der Waals surface area contributed by atoms with Crippen LogP contribution in [0.1, 0.15) is 28.4 Å². The van der Waals surface area contributed by atoms with Crippen LogP contribution >= 0.6 is 0 Å². The zero-order chi connectivity index (χ0) is 14.4. The molecule has 106 valence electrons. The fourth-order valence-corrected chi connectivity index (χ4v) is 3.95. The molecule has 3 heteroatoms. The van der Waals surface area contributed by atoms with E-state index in [9.17, 15) is 4.79 Å².